The number of aromatic nitrogens is 4. The Hall–Kier alpha value is -4.84. The second-order valence-corrected chi connectivity index (χ2v) is 8.85. The van der Waals surface area contributed by atoms with Gasteiger partial charge >= 0.3 is 0 Å². The molecule has 12 heteroatoms. The number of rotatable bonds is 7. The van der Waals surface area contributed by atoms with Crippen molar-refractivity contribution in [3.05, 3.63) is 70.7 Å². The maximum Gasteiger partial charge on any atom is 0.272 e. The van der Waals surface area contributed by atoms with Crippen molar-refractivity contribution >= 4 is 40.6 Å². The Morgan fingerprint density at radius 2 is 2.03 bits per heavy atom. The zero-order chi connectivity index (χ0) is 27.8. The highest BCUT2D eigenvalue weighted by Gasteiger charge is 2.19. The Balaban J connectivity index is 0.000000826. The van der Waals surface area contributed by atoms with Crippen molar-refractivity contribution < 1.29 is 24.2 Å². The van der Waals surface area contributed by atoms with Crippen LogP contribution in [0.4, 0.5) is 11.5 Å². The van der Waals surface area contributed by atoms with Gasteiger partial charge < -0.3 is 30.6 Å². The van der Waals surface area contributed by atoms with E-state index in [0.29, 0.717) is 41.1 Å². The van der Waals surface area contributed by atoms with Gasteiger partial charge in [0.25, 0.3) is 11.8 Å². The third-order valence-corrected chi connectivity index (χ3v) is 6.04. The molecule has 5 N–H and O–H groups in total. The Labute approximate surface area is 224 Å². The van der Waals surface area contributed by atoms with Gasteiger partial charge in [0.05, 0.1) is 12.3 Å². The number of anilines is 2. The molecule has 3 heterocycles. The molecular formula is C27H29N7O5. The van der Waals surface area contributed by atoms with E-state index in [-0.39, 0.29) is 37.3 Å². The van der Waals surface area contributed by atoms with Crippen LogP contribution in [0, 0.1) is 0 Å². The van der Waals surface area contributed by atoms with E-state index in [1.165, 1.54) is 23.0 Å². The fraction of sp³-hybridized carbons (Fsp3) is 0.259. The molecule has 0 radical (unpaired) electrons. The smallest absolute Gasteiger partial charge is 0.272 e. The van der Waals surface area contributed by atoms with Gasteiger partial charge in [0.2, 0.25) is 0 Å². The van der Waals surface area contributed by atoms with E-state index in [4.69, 9.17) is 14.6 Å². The summed E-state index contributed by atoms with van der Waals surface area (Å²) in [4.78, 5) is 41.9. The first-order valence-corrected chi connectivity index (χ1v) is 12.2. The summed E-state index contributed by atoms with van der Waals surface area (Å²) in [5, 5.41) is 23.7. The summed E-state index contributed by atoms with van der Waals surface area (Å²) in [6, 6.07) is 5.38. The molecular weight excluding hydrogens is 502 g/mol. The van der Waals surface area contributed by atoms with Crippen molar-refractivity contribution in [2.45, 2.75) is 26.8 Å². The third-order valence-electron chi connectivity index (χ3n) is 6.04. The van der Waals surface area contributed by atoms with Crippen LogP contribution in [0.25, 0.3) is 11.0 Å². The molecule has 0 bridgehead atoms. The molecule has 0 atom stereocenters. The lowest BCUT2D eigenvalue weighted by Crippen LogP contribution is -2.26. The number of carbonyl (C=O) groups is 3. The Bertz CT molecular complexity index is 1490. The van der Waals surface area contributed by atoms with E-state index in [2.05, 4.69) is 68.2 Å². The highest BCUT2D eigenvalue weighted by atomic mass is 16.5. The number of ether oxygens (including phenoxy) is 1. The van der Waals surface area contributed by atoms with Crippen molar-refractivity contribution in [1.82, 2.24) is 25.5 Å². The van der Waals surface area contributed by atoms with E-state index in [1.807, 2.05) is 6.07 Å². The predicted molar refractivity (Wildman–Crippen MR) is 145 cm³/mol. The SMILES string of the molecule is CC1=C(C)C=C(CNc2n[nH]c3c(C(=O)NCc4ccc5c(c4)NC(=O)CO5)ncnc23)CC=C1.O=CCO. The molecule has 0 saturated carbocycles. The Morgan fingerprint density at radius 1 is 1.21 bits per heavy atom. The second-order valence-electron chi connectivity index (χ2n) is 8.85. The number of hydrogen-bond donors (Lipinski definition) is 5. The number of H-pyrrole nitrogens is 1. The van der Waals surface area contributed by atoms with Gasteiger partial charge in [-0.3, -0.25) is 14.7 Å². The molecule has 1 aromatic carbocycles. The fourth-order valence-electron chi connectivity index (χ4n) is 3.96. The van der Waals surface area contributed by atoms with Crippen molar-refractivity contribution in [3.63, 3.8) is 0 Å². The molecule has 0 unspecified atom stereocenters. The van der Waals surface area contributed by atoms with Crippen molar-refractivity contribution in [2.24, 2.45) is 0 Å². The third kappa shape index (κ3) is 6.73. The van der Waals surface area contributed by atoms with E-state index in [1.54, 1.807) is 12.1 Å². The van der Waals surface area contributed by atoms with E-state index >= 15 is 0 Å². The summed E-state index contributed by atoms with van der Waals surface area (Å²) >= 11 is 0. The first-order valence-electron chi connectivity index (χ1n) is 12.2. The standard InChI is InChI=1S/C25H25N7O3.C2H4O2/c1-14-4-3-5-16(8-15(14)2)10-26-24-22-21(31-32-24)23(29-13-28-22)25(34)27-11-17-6-7-19-18(9-17)30-20(33)12-35-19;3-1-2-4/h3-4,6-9,13H,5,10-12H2,1-2H3,(H,27,34)(H,30,33)(H2,26,31,32);1,4H,2H2. The minimum Gasteiger partial charge on any atom is -0.482 e. The van der Waals surface area contributed by atoms with Crippen LogP contribution in [0.15, 0.2) is 59.5 Å². The minimum atomic E-state index is -0.363. The highest BCUT2D eigenvalue weighted by Crippen LogP contribution is 2.28. The van der Waals surface area contributed by atoms with Gasteiger partial charge in [0.1, 0.15) is 29.4 Å². The zero-order valence-electron chi connectivity index (χ0n) is 21.6. The Kier molecular flexibility index (Phi) is 8.79. The number of benzene rings is 1. The molecule has 0 spiro atoms. The van der Waals surface area contributed by atoms with Crippen LogP contribution < -0.4 is 20.7 Å². The normalized spacial score (nSPS) is 14.2. The number of carbonyl (C=O) groups excluding carboxylic acids is 3. The molecule has 2 amide bonds. The van der Waals surface area contributed by atoms with Crippen molar-refractivity contribution in [1.29, 1.82) is 0 Å². The number of aliphatic hydroxyl groups is 1. The summed E-state index contributed by atoms with van der Waals surface area (Å²) < 4.78 is 5.37. The number of nitrogens with one attached hydrogen (secondary N) is 4. The first-order chi connectivity index (χ1) is 18.9. The number of allylic oxidation sites excluding steroid dienone is 5. The van der Waals surface area contributed by atoms with Gasteiger partial charge in [0.15, 0.2) is 18.1 Å². The van der Waals surface area contributed by atoms with Gasteiger partial charge in [-0.2, -0.15) is 5.10 Å². The number of hydrogen-bond acceptors (Lipinski definition) is 9. The number of aldehydes is 1. The summed E-state index contributed by atoms with van der Waals surface area (Å²) in [5.74, 6) is 0.596. The molecule has 1 aliphatic heterocycles. The molecule has 2 aromatic heterocycles. The molecule has 3 aromatic rings. The summed E-state index contributed by atoms with van der Waals surface area (Å²) in [6.07, 6.45) is 9.10. The molecule has 0 saturated heterocycles. The van der Waals surface area contributed by atoms with Crippen LogP contribution in [0.5, 0.6) is 5.75 Å². The quantitative estimate of drug-likeness (QED) is 0.287. The first kappa shape index (κ1) is 27.2. The van der Waals surface area contributed by atoms with Crippen LogP contribution in [-0.2, 0) is 16.1 Å². The lowest BCUT2D eigenvalue weighted by atomic mass is 10.1. The van der Waals surface area contributed by atoms with Crippen LogP contribution >= 0.6 is 0 Å². The van der Waals surface area contributed by atoms with Crippen molar-refractivity contribution in [2.75, 3.05) is 30.4 Å². The van der Waals surface area contributed by atoms with Crippen LogP contribution in [0.1, 0.15) is 36.3 Å². The van der Waals surface area contributed by atoms with Gasteiger partial charge in [-0.05, 0) is 54.7 Å². The largest absolute Gasteiger partial charge is 0.482 e. The molecule has 202 valence electrons. The summed E-state index contributed by atoms with van der Waals surface area (Å²) in [5.41, 5.74) is 6.32. The molecule has 39 heavy (non-hydrogen) atoms. The molecule has 12 nitrogen and oxygen atoms in total. The lowest BCUT2D eigenvalue weighted by molar-refractivity contribution is -0.118. The molecule has 0 fully saturated rings. The van der Waals surface area contributed by atoms with Crippen LogP contribution in [0.3, 0.4) is 0 Å². The van der Waals surface area contributed by atoms with Gasteiger partial charge in [0, 0.05) is 13.1 Å². The molecule has 1 aliphatic carbocycles. The monoisotopic (exact) mass is 531 g/mol. The van der Waals surface area contributed by atoms with Crippen LogP contribution in [-0.4, -0.2) is 63.1 Å². The van der Waals surface area contributed by atoms with E-state index in [0.717, 1.165) is 12.0 Å². The topological polar surface area (TPSA) is 171 Å². The van der Waals surface area contributed by atoms with Gasteiger partial charge in [-0.1, -0.05) is 24.3 Å². The zero-order valence-corrected chi connectivity index (χ0v) is 21.6. The Morgan fingerprint density at radius 3 is 2.82 bits per heavy atom. The summed E-state index contributed by atoms with van der Waals surface area (Å²) in [7, 11) is 0. The number of fused-ring (bicyclic) bond motifs is 2. The van der Waals surface area contributed by atoms with E-state index in [9.17, 15) is 9.59 Å². The lowest BCUT2D eigenvalue weighted by Gasteiger charge is -2.18. The number of aromatic amines is 1. The maximum atomic E-state index is 12.9. The molecule has 5 rings (SSSR count). The highest BCUT2D eigenvalue weighted by molar-refractivity contribution is 6.04. The van der Waals surface area contributed by atoms with Crippen molar-refractivity contribution in [3.8, 4) is 5.75 Å². The number of amides is 2. The van der Waals surface area contributed by atoms with Gasteiger partial charge in [-0.25, -0.2) is 9.97 Å². The predicted octanol–water partition coefficient (Wildman–Crippen LogP) is 2.43. The summed E-state index contributed by atoms with van der Waals surface area (Å²) in [6.45, 7) is 4.70. The second kappa shape index (κ2) is 12.6. The fourth-order valence-corrected chi connectivity index (χ4v) is 3.96. The number of aliphatic hydroxyl groups excluding tert-OH is 1. The minimum absolute atomic E-state index is 0.00116. The van der Waals surface area contributed by atoms with E-state index < -0.39 is 0 Å². The van der Waals surface area contributed by atoms with Gasteiger partial charge in [-0.15, -0.1) is 0 Å². The molecule has 2 aliphatic rings. The maximum absolute atomic E-state index is 12.9. The average Bonchev–Trinajstić information content (AvgIpc) is 3.29. The van der Waals surface area contributed by atoms with Crippen LogP contribution in [0.2, 0.25) is 0 Å². The average molecular weight is 532 g/mol. The number of nitrogens with zero attached hydrogens (tertiary/aromatic N) is 3.